The normalized spacial score (nSPS) is 17.0. The van der Waals surface area contributed by atoms with Crippen LogP contribution in [0, 0.1) is 40.5 Å². The Balaban J connectivity index is 1.57. The van der Waals surface area contributed by atoms with Gasteiger partial charge < -0.3 is 9.84 Å². The van der Waals surface area contributed by atoms with Crippen molar-refractivity contribution in [3.8, 4) is 0 Å². The van der Waals surface area contributed by atoms with Crippen molar-refractivity contribution in [2.24, 2.45) is 5.92 Å². The van der Waals surface area contributed by atoms with Crippen molar-refractivity contribution in [3.05, 3.63) is 75.7 Å². The average Bonchev–Trinajstić information content (AvgIpc) is 3.21. The number of hydrogen-bond acceptors (Lipinski definition) is 5. The molecule has 0 radical (unpaired) electrons. The number of carbonyl (C=O) groups is 1. The molecule has 1 aliphatic heterocycles. The molecular formula is C28H33N3O4S. The molecule has 1 N–H and O–H groups in total. The first-order chi connectivity index (χ1) is 17.1. The van der Waals surface area contributed by atoms with Crippen LogP contribution >= 0.6 is 0 Å². The van der Waals surface area contributed by atoms with E-state index >= 15 is 0 Å². The molecule has 1 unspecified atom stereocenters. The van der Waals surface area contributed by atoms with Crippen molar-refractivity contribution in [2.75, 3.05) is 18.4 Å². The highest BCUT2D eigenvalue weighted by molar-refractivity contribution is 7.89. The number of sulfonamides is 1. The molecule has 0 bridgehead atoms. The van der Waals surface area contributed by atoms with Gasteiger partial charge in [-0.3, -0.25) is 4.79 Å². The van der Waals surface area contributed by atoms with E-state index in [9.17, 15) is 13.2 Å². The van der Waals surface area contributed by atoms with Crippen LogP contribution < -0.4 is 5.32 Å². The van der Waals surface area contributed by atoms with Crippen molar-refractivity contribution in [3.63, 3.8) is 0 Å². The summed E-state index contributed by atoms with van der Waals surface area (Å²) in [6.07, 6.45) is 4.77. The number of piperidine rings is 1. The van der Waals surface area contributed by atoms with E-state index < -0.39 is 15.9 Å². The molecule has 8 heteroatoms. The van der Waals surface area contributed by atoms with Crippen molar-refractivity contribution >= 4 is 33.8 Å². The Morgan fingerprint density at radius 1 is 1.06 bits per heavy atom. The quantitative estimate of drug-likeness (QED) is 0.481. The lowest BCUT2D eigenvalue weighted by atomic mass is 9.98. The summed E-state index contributed by atoms with van der Waals surface area (Å²) in [5, 5.41) is 6.92. The van der Waals surface area contributed by atoms with Gasteiger partial charge in [-0.2, -0.15) is 4.31 Å². The van der Waals surface area contributed by atoms with Gasteiger partial charge in [0.1, 0.15) is 5.69 Å². The summed E-state index contributed by atoms with van der Waals surface area (Å²) in [5.74, 6) is -0.416. The first-order valence-electron chi connectivity index (χ1n) is 12.2. The summed E-state index contributed by atoms with van der Waals surface area (Å²) in [5.41, 5.74) is 6.40. The second kappa shape index (κ2) is 10.4. The molecule has 0 saturated carbocycles. The van der Waals surface area contributed by atoms with Crippen LogP contribution in [0.25, 0.3) is 12.2 Å². The molecule has 1 saturated heterocycles. The molecule has 1 fully saturated rings. The molecule has 36 heavy (non-hydrogen) atoms. The van der Waals surface area contributed by atoms with E-state index in [1.807, 2.05) is 58.0 Å². The van der Waals surface area contributed by atoms with Crippen LogP contribution in [0.4, 0.5) is 5.69 Å². The first kappa shape index (κ1) is 25.9. The lowest BCUT2D eigenvalue weighted by Crippen LogP contribution is -2.44. The van der Waals surface area contributed by atoms with E-state index in [1.165, 1.54) is 9.87 Å². The number of aryl methyl sites for hydroxylation is 5. The Morgan fingerprint density at radius 3 is 2.44 bits per heavy atom. The minimum Gasteiger partial charge on any atom is -0.355 e. The van der Waals surface area contributed by atoms with Crippen LogP contribution in [-0.4, -0.2) is 36.9 Å². The van der Waals surface area contributed by atoms with Gasteiger partial charge >= 0.3 is 0 Å². The van der Waals surface area contributed by atoms with Crippen molar-refractivity contribution in [2.45, 2.75) is 52.4 Å². The predicted molar refractivity (Wildman–Crippen MR) is 142 cm³/mol. The molecule has 1 aromatic heterocycles. The second-order valence-electron chi connectivity index (χ2n) is 9.61. The summed E-state index contributed by atoms with van der Waals surface area (Å²) in [7, 11) is -3.91. The minimum atomic E-state index is -3.91. The molecule has 2 aromatic carbocycles. The molecule has 2 heterocycles. The van der Waals surface area contributed by atoms with Crippen LogP contribution in [0.2, 0.25) is 0 Å². The number of benzene rings is 2. The highest BCUT2D eigenvalue weighted by Gasteiger charge is 2.37. The number of nitrogens with one attached hydrogen (secondary N) is 1. The zero-order valence-electron chi connectivity index (χ0n) is 21.5. The fourth-order valence-corrected chi connectivity index (χ4v) is 6.64. The van der Waals surface area contributed by atoms with E-state index in [2.05, 4.69) is 22.6 Å². The van der Waals surface area contributed by atoms with E-state index in [1.54, 1.807) is 13.0 Å². The topological polar surface area (TPSA) is 92.5 Å². The highest BCUT2D eigenvalue weighted by atomic mass is 32.2. The SMILES string of the molecule is Cc1cc(C)c(/C=C/c2onc(C)c2S(=O)(=O)N2CCCC(C(=O)Nc3ccccc3C)C2)c(C)c1. The van der Waals surface area contributed by atoms with Crippen LogP contribution in [0.5, 0.6) is 0 Å². The third-order valence-electron chi connectivity index (χ3n) is 6.73. The Bertz CT molecular complexity index is 1400. The Kier molecular flexibility index (Phi) is 7.47. The van der Waals surface area contributed by atoms with Gasteiger partial charge in [0.15, 0.2) is 10.7 Å². The highest BCUT2D eigenvalue weighted by Crippen LogP contribution is 2.30. The number of aromatic nitrogens is 1. The number of carbonyl (C=O) groups excluding carboxylic acids is 1. The molecule has 190 valence electrons. The van der Waals surface area contributed by atoms with Crippen molar-refractivity contribution in [1.29, 1.82) is 0 Å². The Morgan fingerprint density at radius 2 is 1.75 bits per heavy atom. The van der Waals surface area contributed by atoms with Crippen LogP contribution in [0.1, 0.15) is 52.1 Å². The largest absolute Gasteiger partial charge is 0.355 e. The number of nitrogens with zero attached hydrogens (tertiary/aromatic N) is 2. The fraction of sp³-hybridized carbons (Fsp3) is 0.357. The molecule has 4 rings (SSSR count). The maximum atomic E-state index is 13.7. The molecular weight excluding hydrogens is 474 g/mol. The molecule has 3 aromatic rings. The van der Waals surface area contributed by atoms with Gasteiger partial charge in [-0.25, -0.2) is 8.42 Å². The zero-order chi connectivity index (χ0) is 26.0. The summed E-state index contributed by atoms with van der Waals surface area (Å²) < 4.78 is 34.3. The van der Waals surface area contributed by atoms with Gasteiger partial charge in [-0.1, -0.05) is 47.1 Å². The fourth-order valence-electron chi connectivity index (χ4n) is 4.86. The molecule has 7 nitrogen and oxygen atoms in total. The van der Waals surface area contributed by atoms with Gasteiger partial charge in [0.2, 0.25) is 15.9 Å². The Hall–Kier alpha value is -3.23. The molecule has 1 amide bonds. The van der Waals surface area contributed by atoms with Gasteiger partial charge in [-0.05, 0) is 81.9 Å². The monoisotopic (exact) mass is 507 g/mol. The van der Waals surface area contributed by atoms with Crippen molar-refractivity contribution in [1.82, 2.24) is 9.46 Å². The number of anilines is 1. The first-order valence-corrected chi connectivity index (χ1v) is 13.6. The van der Waals surface area contributed by atoms with E-state index in [-0.39, 0.29) is 23.1 Å². The van der Waals surface area contributed by atoms with Crippen LogP contribution in [0.3, 0.4) is 0 Å². The number of amides is 1. The standard InChI is InChI=1S/C28H33N3O4S/c1-18-15-20(3)24(21(4)16-18)12-13-26-27(22(5)30-35-26)36(33,34)31-14-8-10-23(17-31)28(32)29-25-11-7-6-9-19(25)2/h6-7,9,11-13,15-16,23H,8,10,14,17H2,1-5H3,(H,29,32)/b13-12+. The summed E-state index contributed by atoms with van der Waals surface area (Å²) in [6.45, 7) is 10.1. The van der Waals surface area contributed by atoms with E-state index in [0.29, 0.717) is 25.1 Å². The maximum absolute atomic E-state index is 13.7. The number of rotatable bonds is 6. The van der Waals surface area contributed by atoms with Crippen LogP contribution in [0.15, 0.2) is 45.8 Å². The summed E-state index contributed by atoms with van der Waals surface area (Å²) >= 11 is 0. The van der Waals surface area contributed by atoms with Gasteiger partial charge in [0.05, 0.1) is 5.92 Å². The van der Waals surface area contributed by atoms with E-state index in [0.717, 1.165) is 27.9 Å². The molecule has 1 aliphatic rings. The third kappa shape index (κ3) is 5.29. The van der Waals surface area contributed by atoms with E-state index in [4.69, 9.17) is 4.52 Å². The second-order valence-corrected chi connectivity index (χ2v) is 11.5. The van der Waals surface area contributed by atoms with Gasteiger partial charge in [0, 0.05) is 18.8 Å². The molecule has 0 aliphatic carbocycles. The smallest absolute Gasteiger partial charge is 0.248 e. The number of para-hydroxylation sites is 1. The number of hydrogen-bond donors (Lipinski definition) is 1. The zero-order valence-corrected chi connectivity index (χ0v) is 22.3. The lowest BCUT2D eigenvalue weighted by molar-refractivity contribution is -0.120. The summed E-state index contributed by atoms with van der Waals surface area (Å²) in [6, 6.07) is 11.7. The maximum Gasteiger partial charge on any atom is 0.248 e. The average molecular weight is 508 g/mol. The van der Waals surface area contributed by atoms with Crippen molar-refractivity contribution < 1.29 is 17.7 Å². The van der Waals surface area contributed by atoms with Gasteiger partial charge in [0.25, 0.3) is 0 Å². The summed E-state index contributed by atoms with van der Waals surface area (Å²) in [4.78, 5) is 13.0. The predicted octanol–water partition coefficient (Wildman–Crippen LogP) is 5.43. The molecule has 0 spiro atoms. The lowest BCUT2D eigenvalue weighted by Gasteiger charge is -2.31. The Labute approximate surface area is 213 Å². The van der Waals surface area contributed by atoms with Gasteiger partial charge in [-0.15, -0.1) is 0 Å². The third-order valence-corrected chi connectivity index (χ3v) is 8.75. The van der Waals surface area contributed by atoms with Crippen LogP contribution in [-0.2, 0) is 14.8 Å². The minimum absolute atomic E-state index is 0.0566. The molecule has 1 atom stereocenters.